The quantitative estimate of drug-likeness (QED) is 0.492. The molecule has 0 amide bonds. The number of nitrogens with two attached hydrogens (primary N) is 1. The van der Waals surface area contributed by atoms with Gasteiger partial charge in [0.2, 0.25) is 0 Å². The number of anilines is 1. The summed E-state index contributed by atoms with van der Waals surface area (Å²) >= 11 is 6.21. The fraction of sp³-hybridized carbons (Fsp3) is 0. The summed E-state index contributed by atoms with van der Waals surface area (Å²) in [5.74, 6) is 0. The second-order valence-electron chi connectivity index (χ2n) is 2.08. The van der Waals surface area contributed by atoms with Crippen molar-refractivity contribution in [2.24, 2.45) is 0 Å². The van der Waals surface area contributed by atoms with E-state index in [1.807, 2.05) is 0 Å². The van der Waals surface area contributed by atoms with Crippen molar-refractivity contribution in [2.75, 3.05) is 5.73 Å². The zero-order valence-electron chi connectivity index (χ0n) is 5.75. The minimum Gasteiger partial charge on any atom is -0.397 e. The van der Waals surface area contributed by atoms with Crippen LogP contribution in [0, 0.1) is 10.1 Å². The van der Waals surface area contributed by atoms with Crippen molar-refractivity contribution in [3.05, 3.63) is 31.2 Å². The van der Waals surface area contributed by atoms with Crippen molar-refractivity contribution in [3.63, 3.8) is 0 Å². The molecule has 0 aliphatic heterocycles. The number of hydrogen-bond acceptors (Lipinski definition) is 3. The molecule has 64 valence electrons. The third-order valence-electron chi connectivity index (χ3n) is 1.27. The molecule has 1 aromatic rings. The van der Waals surface area contributed by atoms with Gasteiger partial charge in [0.15, 0.2) is 0 Å². The zero-order chi connectivity index (χ0) is 9.30. The maximum Gasteiger partial charge on any atom is 0.271 e. The van der Waals surface area contributed by atoms with Crippen LogP contribution < -0.4 is 5.73 Å². The molecule has 0 aliphatic carbocycles. The van der Waals surface area contributed by atoms with E-state index < -0.39 is 4.92 Å². The van der Waals surface area contributed by atoms with Gasteiger partial charge in [0, 0.05) is 21.1 Å². The van der Waals surface area contributed by atoms with E-state index in [4.69, 9.17) is 5.73 Å². The van der Waals surface area contributed by atoms with Gasteiger partial charge >= 0.3 is 0 Å². The van der Waals surface area contributed by atoms with E-state index in [9.17, 15) is 10.1 Å². The number of hydrogen-bond donors (Lipinski definition) is 1. The van der Waals surface area contributed by atoms with E-state index in [2.05, 4.69) is 31.9 Å². The van der Waals surface area contributed by atoms with Crippen LogP contribution in [0.4, 0.5) is 11.4 Å². The van der Waals surface area contributed by atoms with Crippen molar-refractivity contribution in [1.29, 1.82) is 0 Å². The molecule has 0 atom stereocenters. The van der Waals surface area contributed by atoms with Crippen LogP contribution in [0.5, 0.6) is 0 Å². The third-order valence-corrected chi connectivity index (χ3v) is 2.59. The fourth-order valence-electron chi connectivity index (χ4n) is 0.676. The molecule has 0 spiro atoms. The Kier molecular flexibility index (Phi) is 2.69. The Labute approximate surface area is 85.2 Å². The van der Waals surface area contributed by atoms with Crippen molar-refractivity contribution < 1.29 is 4.92 Å². The SMILES string of the molecule is N[13c]1[13c](Br)[13cH][13c]([N+](=O)[O-])[13cH][13c]1Br. The average molecular weight is 302 g/mol. The highest BCUT2D eigenvalue weighted by atomic mass is 79.9. The predicted octanol–water partition coefficient (Wildman–Crippen LogP) is 2.70. The lowest BCUT2D eigenvalue weighted by atomic mass is 11.2. The summed E-state index contributed by atoms with van der Waals surface area (Å²) in [6, 6.07) is 2.72. The number of nitrogen functional groups attached to an aromatic ring is 1. The molecule has 0 fully saturated rings. The Bertz CT molecular complexity index is 317. The Morgan fingerprint density at radius 2 is 1.75 bits per heavy atom. The number of nitrogens with zero attached hydrogens (tertiary/aromatic N) is 1. The first-order valence-electron chi connectivity index (χ1n) is 2.91. The highest BCUT2D eigenvalue weighted by Gasteiger charge is 2.10. The summed E-state index contributed by atoms with van der Waals surface area (Å²) in [6.45, 7) is 0. The van der Waals surface area contributed by atoms with Crippen LogP contribution in [0.2, 0.25) is 0 Å². The molecule has 0 aliphatic rings. The zero-order valence-corrected chi connectivity index (χ0v) is 8.92. The fourth-order valence-corrected chi connectivity index (χ4v) is 1.84. The van der Waals surface area contributed by atoms with Crippen molar-refractivity contribution >= 4 is 43.2 Å². The van der Waals surface area contributed by atoms with Gasteiger partial charge < -0.3 is 5.73 Å². The highest BCUT2D eigenvalue weighted by Crippen LogP contribution is 2.32. The average Bonchev–Trinajstić information content (AvgIpc) is 1.99. The summed E-state index contributed by atoms with van der Waals surface area (Å²) in [4.78, 5) is 9.86. The van der Waals surface area contributed by atoms with Crippen LogP contribution in [0.25, 0.3) is 0 Å². The Balaban J connectivity index is 3.31. The van der Waals surface area contributed by atoms with Crippen molar-refractivity contribution in [1.82, 2.24) is 0 Å². The molecule has 0 bridgehead atoms. The molecule has 0 heterocycles. The normalized spacial score (nSPS) is 9.83. The summed E-state index contributed by atoms with van der Waals surface area (Å²) in [6.07, 6.45) is 0. The molecule has 1 aromatic carbocycles. The van der Waals surface area contributed by atoms with E-state index in [-0.39, 0.29) is 5.69 Å². The summed E-state index contributed by atoms with van der Waals surface area (Å²) in [7, 11) is 0. The van der Waals surface area contributed by atoms with Crippen molar-refractivity contribution in [2.45, 2.75) is 0 Å². The van der Waals surface area contributed by atoms with Gasteiger partial charge in [-0.2, -0.15) is 0 Å². The molecule has 0 saturated carbocycles. The molecule has 4 nitrogen and oxygen atoms in total. The first-order chi connectivity index (χ1) is 5.52. The number of nitro benzene ring substituents is 1. The maximum absolute atomic E-state index is 10.3. The molecular formula is C6H4Br2N2O2. The van der Waals surface area contributed by atoms with E-state index in [0.29, 0.717) is 14.6 Å². The topological polar surface area (TPSA) is 69.2 Å². The van der Waals surface area contributed by atoms with Crippen LogP contribution in [-0.2, 0) is 0 Å². The minimum absolute atomic E-state index is 0.00273. The number of non-ortho nitro benzene ring substituents is 1. The smallest absolute Gasteiger partial charge is 0.271 e. The van der Waals surface area contributed by atoms with Gasteiger partial charge in [-0.25, -0.2) is 0 Å². The minimum atomic E-state index is -0.477. The largest absolute Gasteiger partial charge is 0.397 e. The lowest BCUT2D eigenvalue weighted by molar-refractivity contribution is -0.385. The van der Waals surface area contributed by atoms with Crippen LogP contribution in [0.15, 0.2) is 21.1 Å². The number of benzene rings is 1. The first kappa shape index (κ1) is 9.47. The molecule has 0 saturated heterocycles. The molecule has 0 radical (unpaired) electrons. The molecule has 6 heteroatoms. The van der Waals surface area contributed by atoms with Crippen molar-refractivity contribution in [3.8, 4) is 0 Å². The van der Waals surface area contributed by atoms with Gasteiger partial charge in [-0.15, -0.1) is 0 Å². The lowest BCUT2D eigenvalue weighted by Crippen LogP contribution is -1.92. The molecule has 0 unspecified atom stereocenters. The first-order valence-corrected chi connectivity index (χ1v) is 4.50. The highest BCUT2D eigenvalue weighted by molar-refractivity contribution is 9.11. The van der Waals surface area contributed by atoms with E-state index >= 15 is 0 Å². The van der Waals surface area contributed by atoms with Crippen LogP contribution in [0.1, 0.15) is 0 Å². The van der Waals surface area contributed by atoms with E-state index in [1.54, 1.807) is 0 Å². The Hall–Kier alpha value is -0.620. The second kappa shape index (κ2) is 3.40. The van der Waals surface area contributed by atoms with Gasteiger partial charge in [0.05, 0.1) is 10.6 Å². The monoisotopic (exact) mass is 300 g/mol. The Morgan fingerprint density at radius 1 is 1.33 bits per heavy atom. The predicted molar refractivity (Wildman–Crippen MR) is 52.9 cm³/mol. The van der Waals surface area contributed by atoms with E-state index in [0.717, 1.165) is 0 Å². The van der Waals surface area contributed by atoms with Gasteiger partial charge in [-0.05, 0) is 31.9 Å². The van der Waals surface area contributed by atoms with Gasteiger partial charge in [0.1, 0.15) is 0 Å². The van der Waals surface area contributed by atoms with E-state index in [1.165, 1.54) is 12.1 Å². The van der Waals surface area contributed by atoms with Crippen LogP contribution >= 0.6 is 31.9 Å². The number of nitro groups is 1. The van der Waals surface area contributed by atoms with Gasteiger partial charge in [-0.1, -0.05) is 0 Å². The Morgan fingerprint density at radius 3 is 2.08 bits per heavy atom. The second-order valence-corrected chi connectivity index (χ2v) is 3.79. The van der Waals surface area contributed by atoms with Gasteiger partial charge in [-0.3, -0.25) is 10.1 Å². The number of halogens is 2. The summed E-state index contributed by atoms with van der Waals surface area (Å²) < 4.78 is 1.03. The molecular weight excluding hydrogens is 298 g/mol. The summed E-state index contributed by atoms with van der Waals surface area (Å²) in [5, 5.41) is 10.3. The molecule has 2 N–H and O–H groups in total. The summed E-state index contributed by atoms with van der Waals surface area (Å²) in [5.41, 5.74) is 6.00. The third kappa shape index (κ3) is 1.75. The number of rotatable bonds is 1. The lowest BCUT2D eigenvalue weighted by Gasteiger charge is -2.00. The van der Waals surface area contributed by atoms with Crippen LogP contribution in [0.3, 0.4) is 0 Å². The maximum atomic E-state index is 10.3. The van der Waals surface area contributed by atoms with Gasteiger partial charge in [0.25, 0.3) is 5.69 Å². The standard InChI is InChI=1S/C6H4Br2N2O2/c7-4-1-3(10(11)12)2-5(8)6(4)9/h1-2H,9H2/i1+1,2+1,3+1,4+1,5+1,6+1. The molecule has 0 aromatic heterocycles. The van der Waals surface area contributed by atoms with Crippen LogP contribution in [-0.4, -0.2) is 4.92 Å². The molecule has 1 rings (SSSR count). The molecule has 12 heavy (non-hydrogen) atoms.